The number of fused-ring (bicyclic) bond motifs is 1. The highest BCUT2D eigenvalue weighted by Gasteiger charge is 2.19. The van der Waals surface area contributed by atoms with E-state index in [-0.39, 0.29) is 12.5 Å². The topological polar surface area (TPSA) is 60.8 Å². The van der Waals surface area contributed by atoms with Gasteiger partial charge in [-0.25, -0.2) is 0 Å². The van der Waals surface area contributed by atoms with Gasteiger partial charge in [0.15, 0.2) is 0 Å². The Kier molecular flexibility index (Phi) is 4.43. The lowest BCUT2D eigenvalue weighted by atomic mass is 9.99. The average molecular weight is 263 g/mol. The van der Waals surface area contributed by atoms with Crippen molar-refractivity contribution < 1.29 is 15.0 Å². The van der Waals surface area contributed by atoms with Gasteiger partial charge < -0.3 is 15.1 Å². The molecule has 0 fully saturated rings. The summed E-state index contributed by atoms with van der Waals surface area (Å²) in [5.74, 6) is -1.09. The lowest BCUT2D eigenvalue weighted by Gasteiger charge is -2.19. The first-order valence-corrected chi connectivity index (χ1v) is 6.82. The summed E-state index contributed by atoms with van der Waals surface area (Å²) >= 11 is 0. The first-order chi connectivity index (χ1) is 9.11. The van der Waals surface area contributed by atoms with Crippen LogP contribution < -0.4 is 4.90 Å². The number of carboxylic acid groups (broad SMARTS) is 1. The maximum atomic E-state index is 10.9. The molecular weight excluding hydrogens is 242 g/mol. The van der Waals surface area contributed by atoms with Crippen molar-refractivity contribution in [3.8, 4) is 0 Å². The van der Waals surface area contributed by atoms with Gasteiger partial charge in [-0.2, -0.15) is 0 Å². The fraction of sp³-hybridized carbons (Fsp3) is 0.533. The summed E-state index contributed by atoms with van der Waals surface area (Å²) in [7, 11) is 0. The van der Waals surface area contributed by atoms with Crippen molar-refractivity contribution in [2.24, 2.45) is 5.92 Å². The molecule has 4 nitrogen and oxygen atoms in total. The van der Waals surface area contributed by atoms with Gasteiger partial charge in [-0.05, 0) is 36.5 Å². The number of benzene rings is 1. The molecule has 1 atom stereocenters. The van der Waals surface area contributed by atoms with Crippen molar-refractivity contribution in [3.63, 3.8) is 0 Å². The summed E-state index contributed by atoms with van der Waals surface area (Å²) in [5.41, 5.74) is 3.63. The third-order valence-corrected chi connectivity index (χ3v) is 3.69. The van der Waals surface area contributed by atoms with Crippen LogP contribution in [0.5, 0.6) is 0 Å². The second-order valence-electron chi connectivity index (χ2n) is 5.22. The van der Waals surface area contributed by atoms with Gasteiger partial charge in [-0.3, -0.25) is 4.79 Å². The summed E-state index contributed by atoms with van der Waals surface area (Å²) in [6.07, 6.45) is 2.38. The lowest BCUT2D eigenvalue weighted by molar-refractivity contribution is -0.141. The molecule has 0 aliphatic carbocycles. The quantitative estimate of drug-likeness (QED) is 0.820. The lowest BCUT2D eigenvalue weighted by Crippen LogP contribution is -2.22. The Morgan fingerprint density at radius 2 is 2.26 bits per heavy atom. The molecule has 2 N–H and O–H groups in total. The van der Waals surface area contributed by atoms with Gasteiger partial charge in [-0.1, -0.05) is 19.1 Å². The van der Waals surface area contributed by atoms with E-state index >= 15 is 0 Å². The normalized spacial score (nSPS) is 15.4. The number of hydrogen-bond acceptors (Lipinski definition) is 3. The SMILES string of the molecule is C[C@H](Cc1ccc2c(c1)CCN2CCCO)C(=O)O. The fourth-order valence-corrected chi connectivity index (χ4v) is 2.59. The number of anilines is 1. The van der Waals surface area contributed by atoms with Gasteiger partial charge >= 0.3 is 5.97 Å². The van der Waals surface area contributed by atoms with Crippen LogP contribution in [0.25, 0.3) is 0 Å². The monoisotopic (exact) mass is 263 g/mol. The van der Waals surface area contributed by atoms with Crippen LogP contribution in [0.1, 0.15) is 24.5 Å². The first kappa shape index (κ1) is 13.9. The largest absolute Gasteiger partial charge is 0.481 e. The molecule has 4 heteroatoms. The molecule has 0 unspecified atom stereocenters. The molecule has 0 saturated carbocycles. The minimum Gasteiger partial charge on any atom is -0.481 e. The molecule has 104 valence electrons. The Balaban J connectivity index is 2.07. The number of aliphatic hydroxyl groups excluding tert-OH is 1. The van der Waals surface area contributed by atoms with E-state index in [0.29, 0.717) is 6.42 Å². The van der Waals surface area contributed by atoms with Crippen LogP contribution >= 0.6 is 0 Å². The highest BCUT2D eigenvalue weighted by molar-refractivity contribution is 5.70. The average Bonchev–Trinajstić information content (AvgIpc) is 2.78. The smallest absolute Gasteiger partial charge is 0.306 e. The van der Waals surface area contributed by atoms with Crippen LogP contribution in [-0.2, 0) is 17.6 Å². The van der Waals surface area contributed by atoms with E-state index < -0.39 is 5.97 Å². The molecule has 0 radical (unpaired) electrons. The second kappa shape index (κ2) is 6.06. The van der Waals surface area contributed by atoms with Gasteiger partial charge in [0.05, 0.1) is 5.92 Å². The standard InChI is InChI=1S/C15H21NO3/c1-11(15(18)19)9-12-3-4-14-13(10-12)5-7-16(14)6-2-8-17/h3-4,10-11,17H,2,5-9H2,1H3,(H,18,19)/t11-/m1/s1. The minimum absolute atomic E-state index is 0.222. The molecular formula is C15H21NO3. The van der Waals surface area contributed by atoms with Crippen molar-refractivity contribution >= 4 is 11.7 Å². The number of rotatable bonds is 6. The summed E-state index contributed by atoms with van der Waals surface area (Å²) in [6, 6.07) is 6.24. The predicted octanol–water partition coefficient (Wildman–Crippen LogP) is 1.69. The summed E-state index contributed by atoms with van der Waals surface area (Å²) in [6.45, 7) is 3.84. The highest BCUT2D eigenvalue weighted by Crippen LogP contribution is 2.29. The van der Waals surface area contributed by atoms with Gasteiger partial charge in [0.2, 0.25) is 0 Å². The van der Waals surface area contributed by atoms with E-state index in [0.717, 1.165) is 31.5 Å². The Hall–Kier alpha value is -1.55. The van der Waals surface area contributed by atoms with E-state index in [9.17, 15) is 4.79 Å². The summed E-state index contributed by atoms with van der Waals surface area (Å²) in [4.78, 5) is 13.2. The van der Waals surface area contributed by atoms with Crippen LogP contribution in [0.4, 0.5) is 5.69 Å². The van der Waals surface area contributed by atoms with Gasteiger partial charge in [0.25, 0.3) is 0 Å². The highest BCUT2D eigenvalue weighted by atomic mass is 16.4. The van der Waals surface area contributed by atoms with E-state index in [1.807, 2.05) is 6.07 Å². The van der Waals surface area contributed by atoms with Gasteiger partial charge in [0.1, 0.15) is 0 Å². The molecule has 0 saturated heterocycles. The van der Waals surface area contributed by atoms with Crippen LogP contribution in [0.15, 0.2) is 18.2 Å². The molecule has 19 heavy (non-hydrogen) atoms. The van der Waals surface area contributed by atoms with Crippen molar-refractivity contribution in [3.05, 3.63) is 29.3 Å². The number of hydrogen-bond donors (Lipinski definition) is 2. The number of carboxylic acids is 1. The summed E-state index contributed by atoms with van der Waals surface area (Å²) in [5, 5.41) is 17.8. The summed E-state index contributed by atoms with van der Waals surface area (Å²) < 4.78 is 0. The zero-order valence-corrected chi connectivity index (χ0v) is 11.3. The number of aliphatic carboxylic acids is 1. The molecule has 1 aliphatic heterocycles. The van der Waals surface area contributed by atoms with Gasteiger partial charge in [-0.15, -0.1) is 0 Å². The Morgan fingerprint density at radius 3 is 2.95 bits per heavy atom. The van der Waals surface area contributed by atoms with Crippen LogP contribution in [0.2, 0.25) is 0 Å². The molecule has 1 heterocycles. The maximum absolute atomic E-state index is 10.9. The van der Waals surface area contributed by atoms with Crippen molar-refractivity contribution in [1.82, 2.24) is 0 Å². The van der Waals surface area contributed by atoms with Crippen molar-refractivity contribution in [2.75, 3.05) is 24.6 Å². The molecule has 1 aliphatic rings. The molecule has 0 aromatic heterocycles. The maximum Gasteiger partial charge on any atom is 0.306 e. The molecule has 1 aromatic rings. The van der Waals surface area contributed by atoms with E-state index in [1.54, 1.807) is 6.92 Å². The third-order valence-electron chi connectivity index (χ3n) is 3.69. The molecule has 0 spiro atoms. The van der Waals surface area contributed by atoms with Crippen LogP contribution in [-0.4, -0.2) is 35.9 Å². The van der Waals surface area contributed by atoms with Crippen molar-refractivity contribution in [1.29, 1.82) is 0 Å². The molecule has 2 rings (SSSR count). The third kappa shape index (κ3) is 3.26. The van der Waals surface area contributed by atoms with Crippen LogP contribution in [0, 0.1) is 5.92 Å². The predicted molar refractivity (Wildman–Crippen MR) is 74.6 cm³/mol. The molecule has 0 bridgehead atoms. The first-order valence-electron chi connectivity index (χ1n) is 6.82. The zero-order valence-electron chi connectivity index (χ0n) is 11.3. The second-order valence-corrected chi connectivity index (χ2v) is 5.22. The Bertz CT molecular complexity index is 459. The van der Waals surface area contributed by atoms with Crippen LogP contribution in [0.3, 0.4) is 0 Å². The molecule has 0 amide bonds. The zero-order chi connectivity index (χ0) is 13.8. The molecule has 1 aromatic carbocycles. The Morgan fingerprint density at radius 1 is 1.47 bits per heavy atom. The Labute approximate surface area is 113 Å². The fourth-order valence-electron chi connectivity index (χ4n) is 2.59. The van der Waals surface area contributed by atoms with Crippen molar-refractivity contribution in [2.45, 2.75) is 26.2 Å². The number of aliphatic hydroxyl groups is 1. The van der Waals surface area contributed by atoms with E-state index in [4.69, 9.17) is 10.2 Å². The van der Waals surface area contributed by atoms with E-state index in [1.165, 1.54) is 11.3 Å². The number of nitrogens with zero attached hydrogens (tertiary/aromatic N) is 1. The number of carbonyl (C=O) groups is 1. The van der Waals surface area contributed by atoms with Gasteiger partial charge in [0, 0.05) is 25.4 Å². The minimum atomic E-state index is -0.745. The van der Waals surface area contributed by atoms with E-state index in [2.05, 4.69) is 17.0 Å².